The minimum absolute atomic E-state index is 0.0929. The molecule has 0 aromatic heterocycles. The number of nitrogens with zero attached hydrogens (tertiary/aromatic N) is 1. The normalized spacial score (nSPS) is 10.7. The van der Waals surface area contributed by atoms with Gasteiger partial charge in [-0.05, 0) is 65.3 Å². The van der Waals surface area contributed by atoms with Gasteiger partial charge in [0, 0.05) is 15.6 Å². The van der Waals surface area contributed by atoms with Crippen LogP contribution in [-0.4, -0.2) is 30.5 Å². The first kappa shape index (κ1) is 25.3. The molecule has 0 radical (unpaired) electrons. The van der Waals surface area contributed by atoms with Crippen LogP contribution in [0, 0.1) is 12.7 Å². The SMILES string of the molecule is Cc1cccc(C(=O)Oc2c(Br)cc(Br)cc2C=NNC(=O)CNC(=O)c2cccc(F)c2)c1. The number of hydrogen-bond donors (Lipinski definition) is 2. The van der Waals surface area contributed by atoms with Crippen LogP contribution in [0.4, 0.5) is 4.39 Å². The molecular formula is C24H18Br2FN3O4. The Hall–Kier alpha value is -3.37. The quantitative estimate of drug-likeness (QED) is 0.179. The van der Waals surface area contributed by atoms with Gasteiger partial charge in [0.25, 0.3) is 11.8 Å². The molecule has 0 aliphatic heterocycles. The molecule has 0 aliphatic rings. The van der Waals surface area contributed by atoms with E-state index in [1.54, 1.807) is 30.3 Å². The first-order valence-corrected chi connectivity index (χ1v) is 11.4. The van der Waals surface area contributed by atoms with Gasteiger partial charge < -0.3 is 10.1 Å². The zero-order chi connectivity index (χ0) is 24.7. The van der Waals surface area contributed by atoms with Gasteiger partial charge in [-0.25, -0.2) is 14.6 Å². The van der Waals surface area contributed by atoms with E-state index in [4.69, 9.17) is 4.74 Å². The number of amides is 2. The second-order valence-corrected chi connectivity index (χ2v) is 8.82. The van der Waals surface area contributed by atoms with E-state index in [0.717, 1.165) is 11.6 Å². The van der Waals surface area contributed by atoms with Crippen LogP contribution in [0.5, 0.6) is 5.75 Å². The zero-order valence-electron chi connectivity index (χ0n) is 17.8. The first-order chi connectivity index (χ1) is 16.2. The van der Waals surface area contributed by atoms with E-state index in [9.17, 15) is 18.8 Å². The Labute approximate surface area is 211 Å². The molecule has 0 bridgehead atoms. The molecular weight excluding hydrogens is 573 g/mol. The van der Waals surface area contributed by atoms with Crippen LogP contribution in [0.3, 0.4) is 0 Å². The number of carbonyl (C=O) groups is 3. The van der Waals surface area contributed by atoms with E-state index in [1.165, 1.54) is 24.4 Å². The third-order valence-electron chi connectivity index (χ3n) is 4.37. The predicted molar refractivity (Wildman–Crippen MR) is 132 cm³/mol. The van der Waals surface area contributed by atoms with E-state index in [0.29, 0.717) is 20.1 Å². The van der Waals surface area contributed by atoms with Crippen LogP contribution < -0.4 is 15.5 Å². The van der Waals surface area contributed by atoms with Gasteiger partial charge in [0.1, 0.15) is 5.82 Å². The molecule has 174 valence electrons. The second-order valence-electron chi connectivity index (χ2n) is 7.05. The largest absolute Gasteiger partial charge is 0.421 e. The Kier molecular flexibility index (Phi) is 8.67. The van der Waals surface area contributed by atoms with Crippen molar-refractivity contribution < 1.29 is 23.5 Å². The lowest BCUT2D eigenvalue weighted by Gasteiger charge is -2.11. The fourth-order valence-corrected chi connectivity index (χ4v) is 4.15. The van der Waals surface area contributed by atoms with Crippen molar-refractivity contribution in [3.05, 3.63) is 97.7 Å². The number of ether oxygens (including phenoxy) is 1. The lowest BCUT2D eigenvalue weighted by atomic mass is 10.1. The molecule has 0 heterocycles. The number of carbonyl (C=O) groups excluding carboxylic acids is 3. The third-order valence-corrected chi connectivity index (χ3v) is 5.42. The van der Waals surface area contributed by atoms with Gasteiger partial charge in [-0.1, -0.05) is 39.7 Å². The predicted octanol–water partition coefficient (Wildman–Crippen LogP) is 4.76. The van der Waals surface area contributed by atoms with Crippen LogP contribution in [0.15, 0.2) is 74.7 Å². The number of hydrazone groups is 1. The highest BCUT2D eigenvalue weighted by molar-refractivity contribution is 9.11. The summed E-state index contributed by atoms with van der Waals surface area (Å²) in [6.07, 6.45) is 1.31. The van der Waals surface area contributed by atoms with Crippen molar-refractivity contribution in [3.8, 4) is 5.75 Å². The highest BCUT2D eigenvalue weighted by atomic mass is 79.9. The number of esters is 1. The van der Waals surface area contributed by atoms with Crippen molar-refractivity contribution in [2.45, 2.75) is 6.92 Å². The molecule has 0 saturated carbocycles. The highest BCUT2D eigenvalue weighted by Crippen LogP contribution is 2.32. The molecule has 3 rings (SSSR count). The molecule has 0 spiro atoms. The molecule has 0 fully saturated rings. The van der Waals surface area contributed by atoms with Gasteiger partial charge in [-0.3, -0.25) is 9.59 Å². The number of aryl methyl sites for hydroxylation is 1. The Morgan fingerprint density at radius 3 is 2.50 bits per heavy atom. The van der Waals surface area contributed by atoms with E-state index >= 15 is 0 Å². The first-order valence-electron chi connectivity index (χ1n) is 9.86. The summed E-state index contributed by atoms with van der Waals surface area (Å²) in [5.74, 6) is -2.09. The summed E-state index contributed by atoms with van der Waals surface area (Å²) >= 11 is 6.73. The lowest BCUT2D eigenvalue weighted by molar-refractivity contribution is -0.120. The van der Waals surface area contributed by atoms with Crippen molar-refractivity contribution in [3.63, 3.8) is 0 Å². The summed E-state index contributed by atoms with van der Waals surface area (Å²) in [4.78, 5) is 36.6. The molecule has 10 heteroatoms. The number of halogens is 3. The van der Waals surface area contributed by atoms with Crippen molar-refractivity contribution in [1.82, 2.24) is 10.7 Å². The standard InChI is InChI=1S/C24H18Br2FN3O4/c1-14-4-2-6-16(8-14)24(33)34-22-17(9-18(25)11-20(22)26)12-29-30-21(31)13-28-23(32)15-5-3-7-19(27)10-15/h2-12H,13H2,1H3,(H,28,32)(H,30,31). The molecule has 3 aromatic rings. The third kappa shape index (κ3) is 7.06. The maximum Gasteiger partial charge on any atom is 0.343 e. The minimum Gasteiger partial charge on any atom is -0.421 e. The second kappa shape index (κ2) is 11.7. The number of rotatable bonds is 7. The summed E-state index contributed by atoms with van der Waals surface area (Å²) in [5.41, 5.74) is 4.08. The summed E-state index contributed by atoms with van der Waals surface area (Å²) < 4.78 is 20.0. The summed E-state index contributed by atoms with van der Waals surface area (Å²) in [7, 11) is 0. The fraction of sp³-hybridized carbons (Fsp3) is 0.0833. The van der Waals surface area contributed by atoms with Crippen LogP contribution >= 0.6 is 31.9 Å². The lowest BCUT2D eigenvalue weighted by Crippen LogP contribution is -2.34. The highest BCUT2D eigenvalue weighted by Gasteiger charge is 2.16. The monoisotopic (exact) mass is 589 g/mol. The molecule has 3 aromatic carbocycles. The Morgan fingerprint density at radius 1 is 1.03 bits per heavy atom. The fourth-order valence-electron chi connectivity index (χ4n) is 2.81. The maximum atomic E-state index is 13.2. The topological polar surface area (TPSA) is 96.9 Å². The van der Waals surface area contributed by atoms with E-state index in [2.05, 4.69) is 47.7 Å². The summed E-state index contributed by atoms with van der Waals surface area (Å²) in [6, 6.07) is 15.5. The van der Waals surface area contributed by atoms with E-state index in [1.807, 2.05) is 13.0 Å². The van der Waals surface area contributed by atoms with Crippen molar-refractivity contribution >= 4 is 55.9 Å². The number of benzene rings is 3. The van der Waals surface area contributed by atoms with Crippen molar-refractivity contribution in [1.29, 1.82) is 0 Å². The van der Waals surface area contributed by atoms with Crippen LogP contribution in [0.2, 0.25) is 0 Å². The molecule has 7 nitrogen and oxygen atoms in total. The molecule has 0 saturated heterocycles. The van der Waals surface area contributed by atoms with Gasteiger partial charge in [-0.15, -0.1) is 0 Å². The average molecular weight is 591 g/mol. The Balaban J connectivity index is 1.65. The van der Waals surface area contributed by atoms with Gasteiger partial charge in [0.2, 0.25) is 0 Å². The van der Waals surface area contributed by atoms with Gasteiger partial charge in [0.15, 0.2) is 5.75 Å². The van der Waals surface area contributed by atoms with Crippen LogP contribution in [-0.2, 0) is 4.79 Å². The van der Waals surface area contributed by atoms with Gasteiger partial charge >= 0.3 is 5.97 Å². The van der Waals surface area contributed by atoms with E-state index < -0.39 is 23.6 Å². The summed E-state index contributed by atoms with van der Waals surface area (Å²) in [5, 5.41) is 6.25. The van der Waals surface area contributed by atoms with Gasteiger partial charge in [0.05, 0.1) is 22.8 Å². The van der Waals surface area contributed by atoms with Gasteiger partial charge in [-0.2, -0.15) is 5.10 Å². The molecule has 2 amide bonds. The van der Waals surface area contributed by atoms with E-state index in [-0.39, 0.29) is 17.9 Å². The van der Waals surface area contributed by atoms with Crippen molar-refractivity contribution in [2.24, 2.45) is 5.10 Å². The molecule has 0 atom stereocenters. The molecule has 34 heavy (non-hydrogen) atoms. The number of nitrogens with one attached hydrogen (secondary N) is 2. The van der Waals surface area contributed by atoms with Crippen LogP contribution in [0.25, 0.3) is 0 Å². The Bertz CT molecular complexity index is 1280. The molecule has 0 unspecified atom stereocenters. The molecule has 2 N–H and O–H groups in total. The molecule has 0 aliphatic carbocycles. The number of hydrogen-bond acceptors (Lipinski definition) is 5. The maximum absolute atomic E-state index is 13.2. The zero-order valence-corrected chi connectivity index (χ0v) is 20.9. The van der Waals surface area contributed by atoms with Crippen molar-refractivity contribution in [2.75, 3.05) is 6.54 Å². The van der Waals surface area contributed by atoms with Crippen LogP contribution in [0.1, 0.15) is 31.8 Å². The summed E-state index contributed by atoms with van der Waals surface area (Å²) in [6.45, 7) is 1.50. The average Bonchev–Trinajstić information content (AvgIpc) is 2.79. The smallest absolute Gasteiger partial charge is 0.343 e. The Morgan fingerprint density at radius 2 is 1.76 bits per heavy atom. The minimum atomic E-state index is -0.603.